The summed E-state index contributed by atoms with van der Waals surface area (Å²) in [4.78, 5) is 0. The first-order valence-corrected chi connectivity index (χ1v) is 12.7. The van der Waals surface area contributed by atoms with Gasteiger partial charge in [-0.2, -0.15) is 9.13 Å². The largest absolute Gasteiger partial charge is 0.448 e. The Balaban J connectivity index is 1.65. The molecular weight excluding hydrogens is 442 g/mol. The van der Waals surface area contributed by atoms with Crippen LogP contribution in [0.1, 0.15) is 36.8 Å². The van der Waals surface area contributed by atoms with Gasteiger partial charge in [-0.15, -0.1) is 0 Å². The van der Waals surface area contributed by atoms with Gasteiger partial charge in [-0.3, -0.25) is 0 Å². The van der Waals surface area contributed by atoms with Crippen LogP contribution in [0.5, 0.6) is 11.5 Å². The fourth-order valence-electron chi connectivity index (χ4n) is 7.21. The van der Waals surface area contributed by atoms with E-state index in [1.165, 1.54) is 50.2 Å². The van der Waals surface area contributed by atoms with E-state index in [2.05, 4.69) is 125 Å². The third-order valence-electron chi connectivity index (χ3n) is 8.35. The Morgan fingerprint density at radius 3 is 2.58 bits per heavy atom. The van der Waals surface area contributed by atoms with Crippen molar-refractivity contribution >= 4 is 21.8 Å². The van der Waals surface area contributed by atoms with Crippen molar-refractivity contribution in [3.8, 4) is 28.4 Å². The van der Waals surface area contributed by atoms with E-state index in [-0.39, 0.29) is 6.04 Å². The number of benzene rings is 4. The van der Waals surface area contributed by atoms with Crippen LogP contribution in [0.15, 0.2) is 97.2 Å². The van der Waals surface area contributed by atoms with Crippen molar-refractivity contribution < 1.29 is 13.9 Å². The Hall–Kier alpha value is -4.44. The fourth-order valence-corrected chi connectivity index (χ4v) is 7.21. The number of aromatic nitrogens is 3. The molecule has 1 atom stereocenters. The first kappa shape index (κ1) is 18.8. The van der Waals surface area contributed by atoms with E-state index in [4.69, 9.17) is 4.74 Å². The SMILES string of the molecule is CC(C)n1c2[n+]3c4c(cccc41)Oc1cc4ccccc4c(c1-3)C21c2ccccc2-c2cccc[n+]21. The molecule has 5 heterocycles. The highest BCUT2D eigenvalue weighted by Crippen LogP contribution is 2.56. The number of imidazole rings is 1. The fraction of sp³-hybridized carbons (Fsp3) is 0.125. The maximum absolute atomic E-state index is 6.70. The highest BCUT2D eigenvalue weighted by Gasteiger charge is 2.69. The number of ether oxygens (including phenoxy) is 1. The van der Waals surface area contributed by atoms with E-state index < -0.39 is 5.54 Å². The standard InChI is InChI=1S/C32H23N3O/c1-19(2)34-25-15-9-16-26-29(25)35-30-27(36-26)18-20-10-3-4-11-21(20)28(30)32(31(34)35)23-13-6-5-12-22(23)24-14-7-8-17-33(24)32/h3-19H,1-2H3/q+2. The van der Waals surface area contributed by atoms with Crippen LogP contribution in [-0.2, 0) is 5.54 Å². The molecule has 3 aliphatic rings. The van der Waals surface area contributed by atoms with Crippen LogP contribution in [0.2, 0.25) is 0 Å². The van der Waals surface area contributed by atoms with Crippen molar-refractivity contribution in [2.75, 3.05) is 0 Å². The van der Waals surface area contributed by atoms with E-state index in [0.717, 1.165) is 17.0 Å². The zero-order chi connectivity index (χ0) is 23.8. The minimum Gasteiger partial charge on any atom is -0.448 e. The van der Waals surface area contributed by atoms with Gasteiger partial charge in [0.05, 0.1) is 22.7 Å². The average molecular weight is 466 g/mol. The van der Waals surface area contributed by atoms with Crippen molar-refractivity contribution in [1.82, 2.24) is 4.57 Å². The van der Waals surface area contributed by atoms with Gasteiger partial charge in [0.1, 0.15) is 0 Å². The molecule has 4 aromatic carbocycles. The number of hydrogen-bond donors (Lipinski definition) is 0. The molecule has 170 valence electrons. The Bertz CT molecular complexity index is 1920. The minimum absolute atomic E-state index is 0.263. The molecule has 0 fully saturated rings. The zero-order valence-corrected chi connectivity index (χ0v) is 20.1. The molecule has 1 spiro atoms. The molecule has 1 unspecified atom stereocenters. The summed E-state index contributed by atoms with van der Waals surface area (Å²) >= 11 is 0. The number of nitrogens with zero attached hydrogens (tertiary/aromatic N) is 3. The molecule has 0 aliphatic carbocycles. The molecule has 3 aliphatic heterocycles. The van der Waals surface area contributed by atoms with Gasteiger partial charge < -0.3 is 4.74 Å². The third kappa shape index (κ3) is 1.84. The number of rotatable bonds is 1. The van der Waals surface area contributed by atoms with Crippen LogP contribution in [0.4, 0.5) is 0 Å². The molecule has 2 aromatic heterocycles. The van der Waals surface area contributed by atoms with E-state index in [1.807, 2.05) is 0 Å². The monoisotopic (exact) mass is 465 g/mol. The maximum atomic E-state index is 6.70. The summed E-state index contributed by atoms with van der Waals surface area (Å²) in [5, 5.41) is 2.47. The van der Waals surface area contributed by atoms with Gasteiger partial charge in [0, 0.05) is 12.1 Å². The van der Waals surface area contributed by atoms with E-state index in [1.54, 1.807) is 0 Å². The van der Waals surface area contributed by atoms with Crippen LogP contribution in [0.3, 0.4) is 0 Å². The summed E-state index contributed by atoms with van der Waals surface area (Å²) in [6.07, 6.45) is 2.26. The second kappa shape index (κ2) is 6.03. The molecule has 6 aromatic rings. The highest BCUT2D eigenvalue weighted by atomic mass is 16.5. The quantitative estimate of drug-likeness (QED) is 0.265. The second-order valence-electron chi connectivity index (χ2n) is 10.4. The Morgan fingerprint density at radius 1 is 0.833 bits per heavy atom. The number of hydrogen-bond acceptors (Lipinski definition) is 1. The molecule has 4 heteroatoms. The van der Waals surface area contributed by atoms with E-state index in [0.29, 0.717) is 0 Å². The predicted octanol–water partition coefficient (Wildman–Crippen LogP) is 6.18. The highest BCUT2D eigenvalue weighted by molar-refractivity contribution is 5.96. The molecule has 0 saturated carbocycles. The molecule has 0 N–H and O–H groups in total. The molecule has 0 saturated heterocycles. The van der Waals surface area contributed by atoms with Gasteiger partial charge in [-0.05, 0) is 55.0 Å². The summed E-state index contributed by atoms with van der Waals surface area (Å²) in [5.41, 5.74) is 8.17. The topological polar surface area (TPSA) is 21.9 Å². The number of pyridine rings is 1. The Kier molecular flexibility index (Phi) is 3.15. The van der Waals surface area contributed by atoms with E-state index >= 15 is 0 Å². The Labute approximate surface area is 208 Å². The molecule has 0 radical (unpaired) electrons. The Morgan fingerprint density at radius 2 is 1.67 bits per heavy atom. The van der Waals surface area contributed by atoms with Crippen LogP contribution in [0.25, 0.3) is 38.8 Å². The number of fused-ring (bicyclic) bond motifs is 9. The molecule has 0 bridgehead atoms. The van der Waals surface area contributed by atoms with Crippen LogP contribution in [-0.4, -0.2) is 4.57 Å². The molecule has 0 amide bonds. The van der Waals surface area contributed by atoms with Gasteiger partial charge in [0.2, 0.25) is 11.2 Å². The first-order chi connectivity index (χ1) is 17.7. The normalized spacial score (nSPS) is 17.8. The van der Waals surface area contributed by atoms with Crippen LogP contribution in [0, 0.1) is 0 Å². The average Bonchev–Trinajstić information content (AvgIpc) is 3.51. The lowest BCUT2D eigenvalue weighted by molar-refractivity contribution is -0.733. The molecule has 4 nitrogen and oxygen atoms in total. The van der Waals surface area contributed by atoms with Crippen LogP contribution >= 0.6 is 0 Å². The molecule has 36 heavy (non-hydrogen) atoms. The smallest absolute Gasteiger partial charge is 0.347 e. The second-order valence-corrected chi connectivity index (χ2v) is 10.4. The van der Waals surface area contributed by atoms with E-state index in [9.17, 15) is 0 Å². The van der Waals surface area contributed by atoms with Gasteiger partial charge in [-0.1, -0.05) is 48.5 Å². The van der Waals surface area contributed by atoms with Crippen molar-refractivity contribution in [1.29, 1.82) is 0 Å². The van der Waals surface area contributed by atoms with Gasteiger partial charge in [0.25, 0.3) is 0 Å². The number of para-hydroxylation sites is 1. The summed E-state index contributed by atoms with van der Waals surface area (Å²) in [5.74, 6) is 3.12. The van der Waals surface area contributed by atoms with Crippen LogP contribution < -0.4 is 13.9 Å². The third-order valence-corrected chi connectivity index (χ3v) is 8.35. The lowest BCUT2D eigenvalue weighted by Crippen LogP contribution is -2.57. The van der Waals surface area contributed by atoms with Gasteiger partial charge >= 0.3 is 11.4 Å². The van der Waals surface area contributed by atoms with Crippen molar-refractivity contribution in [2.45, 2.75) is 25.4 Å². The first-order valence-electron chi connectivity index (χ1n) is 12.7. The summed E-state index contributed by atoms with van der Waals surface area (Å²) in [6, 6.07) is 33.2. The summed E-state index contributed by atoms with van der Waals surface area (Å²) < 4.78 is 14.3. The summed E-state index contributed by atoms with van der Waals surface area (Å²) in [6.45, 7) is 4.58. The summed E-state index contributed by atoms with van der Waals surface area (Å²) in [7, 11) is 0. The van der Waals surface area contributed by atoms with Crippen molar-refractivity contribution in [3.05, 3.63) is 114 Å². The molecular formula is C32H23N3O+2. The zero-order valence-electron chi connectivity index (χ0n) is 20.1. The maximum Gasteiger partial charge on any atom is 0.347 e. The lowest BCUT2D eigenvalue weighted by Gasteiger charge is -2.22. The van der Waals surface area contributed by atoms with Crippen molar-refractivity contribution in [3.63, 3.8) is 0 Å². The van der Waals surface area contributed by atoms with Crippen molar-refractivity contribution in [2.24, 2.45) is 0 Å². The van der Waals surface area contributed by atoms with Gasteiger partial charge in [0.15, 0.2) is 28.9 Å². The van der Waals surface area contributed by atoms with Gasteiger partial charge in [-0.25, -0.2) is 4.57 Å². The molecule has 9 rings (SSSR count). The minimum atomic E-state index is -0.521. The lowest BCUT2D eigenvalue weighted by atomic mass is 9.80. The predicted molar refractivity (Wildman–Crippen MR) is 139 cm³/mol.